The van der Waals surface area contributed by atoms with Crippen molar-refractivity contribution < 1.29 is 24.5 Å². The lowest BCUT2D eigenvalue weighted by molar-refractivity contribution is -0.140. The largest absolute Gasteiger partial charge is 0.504 e. The predicted molar refractivity (Wildman–Crippen MR) is 70.6 cm³/mol. The Labute approximate surface area is 116 Å². The molecule has 1 amide bonds. The van der Waals surface area contributed by atoms with Crippen molar-refractivity contribution in [2.45, 2.75) is 31.2 Å². The number of carbonyl (C=O) groups is 2. The number of benzene rings is 1. The smallest absolute Gasteiger partial charge is 0.305 e. The molecule has 1 aromatic carbocycles. The first kappa shape index (κ1) is 14.2. The summed E-state index contributed by atoms with van der Waals surface area (Å²) < 4.78 is 5.21. The van der Waals surface area contributed by atoms with Gasteiger partial charge in [0, 0.05) is 0 Å². The number of rotatable bonds is 6. The Morgan fingerprint density at radius 1 is 1.30 bits per heavy atom. The predicted octanol–water partition coefficient (Wildman–Crippen LogP) is 1.28. The Morgan fingerprint density at radius 3 is 2.55 bits per heavy atom. The Bertz CT molecular complexity index is 510. The molecule has 0 bridgehead atoms. The molecule has 6 heteroatoms. The Balaban J connectivity index is 1.86. The molecule has 1 aromatic rings. The molecule has 108 valence electrons. The van der Waals surface area contributed by atoms with E-state index in [2.05, 4.69) is 5.32 Å². The number of hydrogen-bond acceptors (Lipinski definition) is 4. The molecule has 2 rings (SSSR count). The number of phenols is 1. The van der Waals surface area contributed by atoms with Gasteiger partial charge in [-0.2, -0.15) is 0 Å². The molecule has 3 N–H and O–H groups in total. The lowest BCUT2D eigenvalue weighted by Gasteiger charge is -2.41. The maximum Gasteiger partial charge on any atom is 0.305 e. The highest BCUT2D eigenvalue weighted by atomic mass is 16.5. The number of hydrogen-bond donors (Lipinski definition) is 3. The summed E-state index contributed by atoms with van der Waals surface area (Å²) in [5.74, 6) is -1.12. The fraction of sp³-hybridized carbons (Fsp3) is 0.429. The minimum Gasteiger partial charge on any atom is -0.504 e. The third-order valence-corrected chi connectivity index (χ3v) is 3.43. The van der Waals surface area contributed by atoms with Gasteiger partial charge in [0.2, 0.25) is 0 Å². The van der Waals surface area contributed by atoms with Gasteiger partial charge in [-0.3, -0.25) is 9.59 Å². The van der Waals surface area contributed by atoms with Crippen LogP contribution in [-0.4, -0.2) is 34.2 Å². The van der Waals surface area contributed by atoms with Crippen LogP contribution in [-0.2, 0) is 9.59 Å². The number of nitrogens with one attached hydrogen (secondary N) is 1. The van der Waals surface area contributed by atoms with E-state index in [0.29, 0.717) is 12.8 Å². The van der Waals surface area contributed by atoms with Gasteiger partial charge in [0.25, 0.3) is 5.91 Å². The second-order valence-electron chi connectivity index (χ2n) is 5.01. The van der Waals surface area contributed by atoms with E-state index in [1.807, 2.05) is 0 Å². The second-order valence-corrected chi connectivity index (χ2v) is 5.01. The highest BCUT2D eigenvalue weighted by Gasteiger charge is 2.40. The number of para-hydroxylation sites is 2. The summed E-state index contributed by atoms with van der Waals surface area (Å²) in [6, 6.07) is 6.35. The lowest BCUT2D eigenvalue weighted by atomic mass is 9.74. The third kappa shape index (κ3) is 3.40. The molecule has 6 nitrogen and oxygen atoms in total. The number of carbonyl (C=O) groups excluding carboxylic acids is 1. The molecule has 1 saturated carbocycles. The standard InChI is InChI=1S/C14H17NO5/c16-10-4-1-2-5-11(10)20-9-12(17)15-14(6-3-7-14)8-13(18)19/h1-2,4-5,16H,3,6-9H2,(H,15,17)(H,18,19). The van der Waals surface area contributed by atoms with E-state index in [4.69, 9.17) is 9.84 Å². The SMILES string of the molecule is O=C(O)CC1(NC(=O)COc2ccccc2O)CCC1. The molecule has 0 spiro atoms. The van der Waals surface area contributed by atoms with Gasteiger partial charge in [-0.1, -0.05) is 12.1 Å². The normalized spacial score (nSPS) is 16.0. The molecule has 0 unspecified atom stereocenters. The van der Waals surface area contributed by atoms with Crippen molar-refractivity contribution in [1.82, 2.24) is 5.32 Å². The molecular formula is C14H17NO5. The van der Waals surface area contributed by atoms with Crippen LogP contribution in [0.3, 0.4) is 0 Å². The zero-order chi connectivity index (χ0) is 14.6. The zero-order valence-corrected chi connectivity index (χ0v) is 11.0. The van der Waals surface area contributed by atoms with Crippen LogP contribution in [0.15, 0.2) is 24.3 Å². The van der Waals surface area contributed by atoms with Crippen LogP contribution in [0, 0.1) is 0 Å². The molecule has 0 aromatic heterocycles. The minimum atomic E-state index is -0.924. The first-order valence-corrected chi connectivity index (χ1v) is 6.44. The first-order valence-electron chi connectivity index (χ1n) is 6.44. The Kier molecular flexibility index (Phi) is 4.12. The van der Waals surface area contributed by atoms with Crippen LogP contribution in [0.5, 0.6) is 11.5 Å². The molecular weight excluding hydrogens is 262 g/mol. The van der Waals surface area contributed by atoms with Gasteiger partial charge >= 0.3 is 5.97 Å². The lowest BCUT2D eigenvalue weighted by Crippen LogP contribution is -2.55. The van der Waals surface area contributed by atoms with E-state index in [1.54, 1.807) is 18.2 Å². The van der Waals surface area contributed by atoms with Gasteiger partial charge in [0.15, 0.2) is 18.1 Å². The highest BCUT2D eigenvalue weighted by Crippen LogP contribution is 2.34. The summed E-state index contributed by atoms with van der Waals surface area (Å²) in [5, 5.41) is 21.1. The second kappa shape index (κ2) is 5.81. The summed E-state index contributed by atoms with van der Waals surface area (Å²) in [6.45, 7) is -0.251. The van der Waals surface area contributed by atoms with Gasteiger partial charge in [-0.25, -0.2) is 0 Å². The monoisotopic (exact) mass is 279 g/mol. The topological polar surface area (TPSA) is 95.9 Å². The molecule has 1 fully saturated rings. The highest BCUT2D eigenvalue weighted by molar-refractivity contribution is 5.80. The van der Waals surface area contributed by atoms with Crippen LogP contribution in [0.25, 0.3) is 0 Å². The fourth-order valence-electron chi connectivity index (χ4n) is 2.29. The number of amides is 1. The number of carboxylic acid groups (broad SMARTS) is 1. The fourth-order valence-corrected chi connectivity index (χ4v) is 2.29. The van der Waals surface area contributed by atoms with Crippen molar-refractivity contribution in [2.75, 3.05) is 6.61 Å². The van der Waals surface area contributed by atoms with Crippen molar-refractivity contribution in [1.29, 1.82) is 0 Å². The van der Waals surface area contributed by atoms with Crippen molar-refractivity contribution in [3.63, 3.8) is 0 Å². The molecule has 1 aliphatic rings. The van der Waals surface area contributed by atoms with Crippen molar-refractivity contribution >= 4 is 11.9 Å². The van der Waals surface area contributed by atoms with Gasteiger partial charge in [-0.15, -0.1) is 0 Å². The van der Waals surface area contributed by atoms with Crippen LogP contribution < -0.4 is 10.1 Å². The van der Waals surface area contributed by atoms with Gasteiger partial charge in [0.05, 0.1) is 12.0 Å². The van der Waals surface area contributed by atoms with E-state index in [-0.39, 0.29) is 30.4 Å². The zero-order valence-electron chi connectivity index (χ0n) is 11.0. The average molecular weight is 279 g/mol. The van der Waals surface area contributed by atoms with Crippen LogP contribution in [0.4, 0.5) is 0 Å². The van der Waals surface area contributed by atoms with E-state index in [9.17, 15) is 14.7 Å². The number of ether oxygens (including phenoxy) is 1. The van der Waals surface area contributed by atoms with Crippen LogP contribution >= 0.6 is 0 Å². The number of aromatic hydroxyl groups is 1. The summed E-state index contributed by atoms with van der Waals surface area (Å²) in [6.07, 6.45) is 2.17. The summed E-state index contributed by atoms with van der Waals surface area (Å²) in [4.78, 5) is 22.6. The van der Waals surface area contributed by atoms with Crippen molar-refractivity contribution in [3.05, 3.63) is 24.3 Å². The maximum absolute atomic E-state index is 11.8. The summed E-state index contributed by atoms with van der Waals surface area (Å²) in [5.41, 5.74) is -0.634. The van der Waals surface area contributed by atoms with Crippen LogP contribution in [0.2, 0.25) is 0 Å². The molecule has 0 aliphatic heterocycles. The maximum atomic E-state index is 11.8. The minimum absolute atomic E-state index is 0.0378. The van der Waals surface area contributed by atoms with E-state index < -0.39 is 11.5 Å². The molecule has 0 atom stereocenters. The van der Waals surface area contributed by atoms with E-state index in [0.717, 1.165) is 6.42 Å². The average Bonchev–Trinajstić information content (AvgIpc) is 2.34. The van der Waals surface area contributed by atoms with Gasteiger partial charge < -0.3 is 20.3 Å². The Hall–Kier alpha value is -2.24. The van der Waals surface area contributed by atoms with Gasteiger partial charge in [-0.05, 0) is 31.4 Å². The van der Waals surface area contributed by atoms with Gasteiger partial charge in [0.1, 0.15) is 0 Å². The molecule has 1 aliphatic carbocycles. The number of carboxylic acids is 1. The van der Waals surface area contributed by atoms with Crippen LogP contribution in [0.1, 0.15) is 25.7 Å². The van der Waals surface area contributed by atoms with E-state index >= 15 is 0 Å². The summed E-state index contributed by atoms with van der Waals surface area (Å²) >= 11 is 0. The molecule has 0 radical (unpaired) electrons. The molecule has 0 heterocycles. The molecule has 0 saturated heterocycles. The summed E-state index contributed by atoms with van der Waals surface area (Å²) in [7, 11) is 0. The first-order chi connectivity index (χ1) is 9.51. The number of phenolic OH excluding ortho intramolecular Hbond substituents is 1. The van der Waals surface area contributed by atoms with Crippen molar-refractivity contribution in [3.8, 4) is 11.5 Å². The van der Waals surface area contributed by atoms with E-state index in [1.165, 1.54) is 6.07 Å². The Morgan fingerprint density at radius 2 is 2.00 bits per heavy atom. The third-order valence-electron chi connectivity index (χ3n) is 3.43. The quantitative estimate of drug-likeness (QED) is 0.729. The molecule has 20 heavy (non-hydrogen) atoms. The van der Waals surface area contributed by atoms with Crippen molar-refractivity contribution in [2.24, 2.45) is 0 Å². The number of aliphatic carboxylic acids is 1.